The molecule has 0 amide bonds. The summed E-state index contributed by atoms with van der Waals surface area (Å²) in [6.45, 7) is 4.89. The van der Waals surface area contributed by atoms with Gasteiger partial charge in [0, 0.05) is 31.3 Å². The average molecular weight is 266 g/mol. The molecule has 19 heavy (non-hydrogen) atoms. The lowest BCUT2D eigenvalue weighted by molar-refractivity contribution is 0.0820. The summed E-state index contributed by atoms with van der Waals surface area (Å²) < 4.78 is 19.2. The Bertz CT molecular complexity index is 420. The number of nitrogens with one attached hydrogen (secondary N) is 1. The van der Waals surface area contributed by atoms with Crippen LogP contribution >= 0.6 is 0 Å². The van der Waals surface area contributed by atoms with Gasteiger partial charge in [0.15, 0.2) is 0 Å². The summed E-state index contributed by atoms with van der Waals surface area (Å²) in [5.74, 6) is -0.184. The number of rotatable bonds is 6. The highest BCUT2D eigenvalue weighted by molar-refractivity contribution is 5.23. The maximum Gasteiger partial charge on any atom is 0.145 e. The van der Waals surface area contributed by atoms with Crippen LogP contribution in [0, 0.1) is 5.82 Å². The van der Waals surface area contributed by atoms with E-state index in [2.05, 4.69) is 17.2 Å². The summed E-state index contributed by atoms with van der Waals surface area (Å²) in [7, 11) is 1.71. The molecule has 1 aliphatic carbocycles. The topological polar surface area (TPSA) is 34.1 Å². The van der Waals surface area contributed by atoms with Gasteiger partial charge in [0.25, 0.3) is 0 Å². The van der Waals surface area contributed by atoms with Gasteiger partial charge in [-0.15, -0.1) is 0 Å². The van der Waals surface area contributed by atoms with Gasteiger partial charge in [0.05, 0.1) is 11.8 Å². The number of ether oxygens (including phenoxy) is 1. The summed E-state index contributed by atoms with van der Waals surface area (Å²) in [5.41, 5.74) is 0.485. The molecule has 0 aromatic carbocycles. The summed E-state index contributed by atoms with van der Waals surface area (Å²) in [6.07, 6.45) is 4.97. The molecule has 1 saturated carbocycles. The lowest BCUT2D eigenvalue weighted by atomic mass is 9.66. The van der Waals surface area contributed by atoms with Crippen molar-refractivity contribution in [2.24, 2.45) is 0 Å². The number of pyridine rings is 1. The minimum absolute atomic E-state index is 0.132. The Morgan fingerprint density at radius 1 is 1.47 bits per heavy atom. The van der Waals surface area contributed by atoms with Crippen LogP contribution in [0.3, 0.4) is 0 Å². The lowest BCUT2D eigenvalue weighted by Crippen LogP contribution is -2.49. The Kier molecular flexibility index (Phi) is 4.53. The summed E-state index contributed by atoms with van der Waals surface area (Å²) in [5, 5.41) is 3.47. The van der Waals surface area contributed by atoms with Crippen LogP contribution in [0.25, 0.3) is 0 Å². The molecule has 0 bridgehead atoms. The van der Waals surface area contributed by atoms with Gasteiger partial charge < -0.3 is 10.1 Å². The van der Waals surface area contributed by atoms with Crippen molar-refractivity contribution in [1.29, 1.82) is 0 Å². The first-order valence-electron chi connectivity index (χ1n) is 6.96. The Morgan fingerprint density at radius 3 is 2.74 bits per heavy atom. The van der Waals surface area contributed by atoms with E-state index in [9.17, 15) is 4.39 Å². The van der Waals surface area contributed by atoms with Crippen LogP contribution in [0.5, 0.6) is 0 Å². The molecule has 0 spiro atoms. The van der Waals surface area contributed by atoms with Crippen LogP contribution in [0.2, 0.25) is 0 Å². The number of nitrogens with zero attached hydrogens (tertiary/aromatic N) is 1. The van der Waals surface area contributed by atoms with E-state index in [-0.39, 0.29) is 23.4 Å². The predicted octanol–water partition coefficient (Wildman–Crippen LogP) is 2.66. The van der Waals surface area contributed by atoms with E-state index in [0.717, 1.165) is 25.8 Å². The highest BCUT2D eigenvalue weighted by atomic mass is 19.1. The molecule has 1 N–H and O–H groups in total. The highest BCUT2D eigenvalue weighted by Crippen LogP contribution is 2.43. The van der Waals surface area contributed by atoms with Gasteiger partial charge in [0.1, 0.15) is 5.82 Å². The van der Waals surface area contributed by atoms with Crippen LogP contribution in [-0.2, 0) is 10.2 Å². The van der Waals surface area contributed by atoms with Gasteiger partial charge in [-0.2, -0.15) is 0 Å². The Labute approximate surface area is 114 Å². The molecule has 1 aromatic heterocycles. The molecule has 106 valence electrons. The van der Waals surface area contributed by atoms with E-state index in [1.54, 1.807) is 19.4 Å². The van der Waals surface area contributed by atoms with Crippen LogP contribution in [0.15, 0.2) is 18.3 Å². The van der Waals surface area contributed by atoms with Gasteiger partial charge in [-0.1, -0.05) is 6.42 Å². The Hall–Kier alpha value is -1.00. The molecule has 2 atom stereocenters. The van der Waals surface area contributed by atoms with E-state index in [1.807, 2.05) is 6.92 Å². The van der Waals surface area contributed by atoms with Crippen molar-refractivity contribution in [2.45, 2.75) is 50.7 Å². The zero-order valence-corrected chi connectivity index (χ0v) is 11.9. The third-order valence-electron chi connectivity index (χ3n) is 4.41. The number of hydrogen-bond donors (Lipinski definition) is 1. The van der Waals surface area contributed by atoms with Crippen molar-refractivity contribution in [3.05, 3.63) is 29.8 Å². The average Bonchev–Trinajstić information content (AvgIpc) is 2.38. The number of aromatic nitrogens is 1. The molecule has 1 heterocycles. The molecule has 0 saturated heterocycles. The number of halogens is 1. The first-order valence-corrected chi connectivity index (χ1v) is 6.96. The predicted molar refractivity (Wildman–Crippen MR) is 73.7 cm³/mol. The van der Waals surface area contributed by atoms with Crippen molar-refractivity contribution in [3.63, 3.8) is 0 Å². The molecule has 4 heteroatoms. The van der Waals surface area contributed by atoms with E-state index >= 15 is 0 Å². The summed E-state index contributed by atoms with van der Waals surface area (Å²) >= 11 is 0. The molecule has 1 aliphatic rings. The second-order valence-electron chi connectivity index (χ2n) is 5.58. The van der Waals surface area contributed by atoms with Gasteiger partial charge in [-0.3, -0.25) is 4.98 Å². The van der Waals surface area contributed by atoms with Gasteiger partial charge in [-0.05, 0) is 38.8 Å². The van der Waals surface area contributed by atoms with Crippen LogP contribution in [0.1, 0.15) is 38.8 Å². The van der Waals surface area contributed by atoms with Crippen molar-refractivity contribution in [2.75, 3.05) is 13.7 Å². The summed E-state index contributed by atoms with van der Waals surface area (Å²) in [6, 6.07) is 3.40. The van der Waals surface area contributed by atoms with Gasteiger partial charge in [-0.25, -0.2) is 4.39 Å². The smallest absolute Gasteiger partial charge is 0.145 e. The minimum Gasteiger partial charge on any atom is -0.380 e. The van der Waals surface area contributed by atoms with Crippen molar-refractivity contribution in [1.82, 2.24) is 10.3 Å². The van der Waals surface area contributed by atoms with Gasteiger partial charge >= 0.3 is 0 Å². The number of methoxy groups -OCH3 is 1. The summed E-state index contributed by atoms with van der Waals surface area (Å²) in [4.78, 5) is 4.27. The van der Waals surface area contributed by atoms with E-state index < -0.39 is 0 Å². The maximum atomic E-state index is 13.9. The fourth-order valence-corrected chi connectivity index (χ4v) is 2.60. The van der Waals surface area contributed by atoms with Crippen molar-refractivity contribution < 1.29 is 9.13 Å². The minimum atomic E-state index is -0.184. The van der Waals surface area contributed by atoms with Crippen molar-refractivity contribution >= 4 is 0 Å². The zero-order chi connectivity index (χ0) is 13.9. The largest absolute Gasteiger partial charge is 0.380 e. The van der Waals surface area contributed by atoms with E-state index in [4.69, 9.17) is 4.74 Å². The molecule has 0 radical (unpaired) electrons. The van der Waals surface area contributed by atoms with Crippen molar-refractivity contribution in [3.8, 4) is 0 Å². The maximum absolute atomic E-state index is 13.9. The lowest BCUT2D eigenvalue weighted by Gasteiger charge is -2.42. The molecule has 1 fully saturated rings. The van der Waals surface area contributed by atoms with Crippen LogP contribution in [-0.4, -0.2) is 30.8 Å². The Morgan fingerprint density at radius 2 is 2.21 bits per heavy atom. The molecule has 1 aromatic rings. The quantitative estimate of drug-likeness (QED) is 0.859. The van der Waals surface area contributed by atoms with Crippen LogP contribution < -0.4 is 5.32 Å². The normalized spacial score (nSPS) is 20.6. The third kappa shape index (κ3) is 2.95. The molecule has 2 rings (SSSR count). The molecule has 3 nitrogen and oxygen atoms in total. The molecular formula is C15H23FN2O. The zero-order valence-electron chi connectivity index (χ0n) is 11.9. The molecular weight excluding hydrogens is 243 g/mol. The van der Waals surface area contributed by atoms with E-state index in [1.165, 1.54) is 6.07 Å². The SMILES string of the molecule is CO[C@@H](C)C(C)NCC1(c2ncccc2F)CCC1. The Balaban J connectivity index is 2.06. The second-order valence-corrected chi connectivity index (χ2v) is 5.58. The van der Waals surface area contributed by atoms with Crippen LogP contribution in [0.4, 0.5) is 4.39 Å². The van der Waals surface area contributed by atoms with Gasteiger partial charge in [0.2, 0.25) is 0 Å². The number of hydrogen-bond acceptors (Lipinski definition) is 3. The van der Waals surface area contributed by atoms with E-state index in [0.29, 0.717) is 5.69 Å². The first-order chi connectivity index (χ1) is 9.09. The second kappa shape index (κ2) is 5.97. The first kappa shape index (κ1) is 14.4. The third-order valence-corrected chi connectivity index (χ3v) is 4.41. The fourth-order valence-electron chi connectivity index (χ4n) is 2.60. The standard InChI is InChI=1S/C15H23FN2O/c1-11(12(2)19-3)18-10-15(7-5-8-15)14-13(16)6-4-9-17-14/h4,6,9,11-12,18H,5,7-8,10H2,1-3H3/t11?,12-/m0/s1. The highest BCUT2D eigenvalue weighted by Gasteiger charge is 2.41. The molecule has 0 aliphatic heterocycles. The fraction of sp³-hybridized carbons (Fsp3) is 0.667. The molecule has 1 unspecified atom stereocenters. The monoisotopic (exact) mass is 266 g/mol.